The van der Waals surface area contributed by atoms with Crippen LogP contribution in [0.2, 0.25) is 0 Å². The summed E-state index contributed by atoms with van der Waals surface area (Å²) in [6.07, 6.45) is 19.4. The van der Waals surface area contributed by atoms with Crippen LogP contribution in [0.15, 0.2) is 139 Å². The largest absolute Gasteiger partial charge is 0.310 e. The van der Waals surface area contributed by atoms with Crippen molar-refractivity contribution >= 4 is 17.1 Å². The molecule has 4 aromatic rings. The highest BCUT2D eigenvalue weighted by Gasteiger charge is 2.26. The SMILES string of the molecule is Cc1cccc(N(c2ccccc2)c2ccc(-c3ccc(CCC(C4=CCCC=C4)C4CC=CC(C)C4)cc3)cc2)c1. The first-order chi connectivity index (χ1) is 20.6. The summed E-state index contributed by atoms with van der Waals surface area (Å²) in [5.74, 6) is 2.11. The van der Waals surface area contributed by atoms with E-state index >= 15 is 0 Å². The molecule has 0 bridgehead atoms. The minimum Gasteiger partial charge on any atom is -0.310 e. The van der Waals surface area contributed by atoms with Crippen molar-refractivity contribution in [3.8, 4) is 11.1 Å². The third kappa shape index (κ3) is 6.68. The van der Waals surface area contributed by atoms with E-state index in [1.165, 1.54) is 60.0 Å². The van der Waals surface area contributed by atoms with Gasteiger partial charge in [-0.15, -0.1) is 0 Å². The van der Waals surface area contributed by atoms with Gasteiger partial charge in [0.15, 0.2) is 0 Å². The summed E-state index contributed by atoms with van der Waals surface area (Å²) in [6, 6.07) is 37.6. The predicted octanol–water partition coefficient (Wildman–Crippen LogP) is 11.6. The van der Waals surface area contributed by atoms with Crippen LogP contribution in [0.25, 0.3) is 11.1 Å². The summed E-state index contributed by atoms with van der Waals surface area (Å²) < 4.78 is 0. The summed E-state index contributed by atoms with van der Waals surface area (Å²) in [5.41, 5.74) is 10.3. The normalized spacial score (nSPS) is 18.9. The molecule has 0 N–H and O–H groups in total. The van der Waals surface area contributed by atoms with Gasteiger partial charge in [0.25, 0.3) is 0 Å². The van der Waals surface area contributed by atoms with E-state index in [0.717, 1.165) is 23.7 Å². The third-order valence-corrected chi connectivity index (χ3v) is 9.03. The number of para-hydroxylation sites is 1. The number of nitrogens with zero attached hydrogens (tertiary/aromatic N) is 1. The molecule has 0 radical (unpaired) electrons. The molecule has 0 amide bonds. The van der Waals surface area contributed by atoms with Gasteiger partial charge in [-0.3, -0.25) is 0 Å². The Morgan fingerprint density at radius 3 is 2.14 bits per heavy atom. The van der Waals surface area contributed by atoms with Gasteiger partial charge in [-0.1, -0.05) is 104 Å². The van der Waals surface area contributed by atoms with E-state index in [-0.39, 0.29) is 0 Å². The van der Waals surface area contributed by atoms with Crippen molar-refractivity contribution in [1.29, 1.82) is 0 Å². The Labute approximate surface area is 252 Å². The van der Waals surface area contributed by atoms with Crippen LogP contribution in [0.4, 0.5) is 17.1 Å². The topological polar surface area (TPSA) is 3.24 Å². The molecule has 2 aliphatic carbocycles. The van der Waals surface area contributed by atoms with Crippen molar-refractivity contribution in [2.45, 2.75) is 52.4 Å². The zero-order valence-corrected chi connectivity index (χ0v) is 25.1. The van der Waals surface area contributed by atoms with Crippen molar-refractivity contribution in [2.75, 3.05) is 4.90 Å². The van der Waals surface area contributed by atoms with Gasteiger partial charge in [-0.2, -0.15) is 0 Å². The molecule has 42 heavy (non-hydrogen) atoms. The lowest BCUT2D eigenvalue weighted by Gasteiger charge is -2.32. The molecule has 4 aromatic carbocycles. The van der Waals surface area contributed by atoms with Crippen LogP contribution < -0.4 is 4.90 Å². The zero-order chi connectivity index (χ0) is 28.7. The number of allylic oxidation sites excluding steroid dienone is 6. The number of hydrogen-bond acceptors (Lipinski definition) is 1. The van der Waals surface area contributed by atoms with Crippen molar-refractivity contribution < 1.29 is 0 Å². The molecule has 212 valence electrons. The van der Waals surface area contributed by atoms with Crippen LogP contribution in [-0.2, 0) is 6.42 Å². The maximum atomic E-state index is 2.51. The lowest BCUT2D eigenvalue weighted by Crippen LogP contribution is -2.22. The first kappa shape index (κ1) is 28.0. The van der Waals surface area contributed by atoms with Crippen LogP contribution >= 0.6 is 0 Å². The zero-order valence-electron chi connectivity index (χ0n) is 25.1. The van der Waals surface area contributed by atoms with Gasteiger partial charge in [0.1, 0.15) is 0 Å². The molecule has 0 fully saturated rings. The van der Waals surface area contributed by atoms with Crippen molar-refractivity contribution in [3.63, 3.8) is 0 Å². The molecule has 1 heteroatoms. The van der Waals surface area contributed by atoms with Gasteiger partial charge in [-0.05, 0) is 127 Å². The van der Waals surface area contributed by atoms with E-state index in [2.05, 4.69) is 152 Å². The van der Waals surface area contributed by atoms with E-state index in [0.29, 0.717) is 11.8 Å². The molecule has 3 unspecified atom stereocenters. The van der Waals surface area contributed by atoms with Gasteiger partial charge in [0.05, 0.1) is 0 Å². The van der Waals surface area contributed by atoms with Gasteiger partial charge in [0, 0.05) is 17.1 Å². The molecule has 0 saturated carbocycles. The minimum absolute atomic E-state index is 0.655. The summed E-state index contributed by atoms with van der Waals surface area (Å²) in [5, 5.41) is 0. The van der Waals surface area contributed by atoms with Crippen LogP contribution in [0.5, 0.6) is 0 Å². The first-order valence-electron chi connectivity index (χ1n) is 15.8. The van der Waals surface area contributed by atoms with Crippen molar-refractivity contribution in [1.82, 2.24) is 0 Å². The van der Waals surface area contributed by atoms with Crippen LogP contribution in [0.1, 0.15) is 50.2 Å². The number of hydrogen-bond donors (Lipinski definition) is 0. The quantitative estimate of drug-likeness (QED) is 0.188. The van der Waals surface area contributed by atoms with E-state index in [9.17, 15) is 0 Å². The number of aryl methyl sites for hydroxylation is 2. The molecule has 0 heterocycles. The Balaban J connectivity index is 1.17. The fourth-order valence-corrected chi connectivity index (χ4v) is 6.83. The minimum atomic E-state index is 0.655. The summed E-state index contributed by atoms with van der Waals surface area (Å²) in [6.45, 7) is 4.52. The second-order valence-electron chi connectivity index (χ2n) is 12.2. The van der Waals surface area contributed by atoms with E-state index in [1.807, 2.05) is 0 Å². The highest BCUT2D eigenvalue weighted by Crippen LogP contribution is 2.39. The fraction of sp³-hybridized carbons (Fsp3) is 0.268. The Morgan fingerprint density at radius 1 is 0.738 bits per heavy atom. The maximum Gasteiger partial charge on any atom is 0.0464 e. The highest BCUT2D eigenvalue weighted by atomic mass is 15.1. The molecule has 0 saturated heterocycles. The lowest BCUT2D eigenvalue weighted by atomic mass is 9.73. The standard InChI is InChI=1S/C41H43N/c1-31-11-9-15-37(29-31)41(36-13-5-3-6-14-36)28-21-33-19-22-34(23-20-33)35-24-26-39(27-25-35)42(38-16-7-4-8-17-38)40-18-10-12-32(2)30-40/h4-5,7-14,16-20,22-27,30-31,37,41H,3,6,15,21,28-29H2,1-2H3. The molecule has 6 rings (SSSR count). The number of rotatable bonds is 9. The third-order valence-electron chi connectivity index (χ3n) is 9.03. The van der Waals surface area contributed by atoms with Crippen molar-refractivity contribution in [2.24, 2.45) is 17.8 Å². The molecule has 1 nitrogen and oxygen atoms in total. The number of anilines is 3. The lowest BCUT2D eigenvalue weighted by molar-refractivity contribution is 0.304. The molecule has 0 aromatic heterocycles. The van der Waals surface area contributed by atoms with Crippen LogP contribution in [-0.4, -0.2) is 0 Å². The monoisotopic (exact) mass is 549 g/mol. The molecule has 0 aliphatic heterocycles. The van der Waals surface area contributed by atoms with Crippen LogP contribution in [0.3, 0.4) is 0 Å². The molecule has 0 spiro atoms. The Kier molecular flexibility index (Phi) is 8.85. The first-order valence-corrected chi connectivity index (χ1v) is 15.8. The fourth-order valence-electron chi connectivity index (χ4n) is 6.83. The predicted molar refractivity (Wildman–Crippen MR) is 181 cm³/mol. The molecule has 3 atom stereocenters. The number of benzene rings is 4. The Morgan fingerprint density at radius 2 is 1.45 bits per heavy atom. The highest BCUT2D eigenvalue weighted by molar-refractivity contribution is 5.78. The second kappa shape index (κ2) is 13.3. The summed E-state index contributed by atoms with van der Waals surface area (Å²) in [7, 11) is 0. The van der Waals surface area contributed by atoms with E-state index in [1.54, 1.807) is 5.57 Å². The Hall–Kier alpha value is -4.10. The average molecular weight is 550 g/mol. The van der Waals surface area contributed by atoms with Gasteiger partial charge >= 0.3 is 0 Å². The van der Waals surface area contributed by atoms with Crippen molar-refractivity contribution in [3.05, 3.63) is 150 Å². The molecular weight excluding hydrogens is 506 g/mol. The average Bonchev–Trinajstić information content (AvgIpc) is 3.03. The van der Waals surface area contributed by atoms with Gasteiger partial charge in [0.2, 0.25) is 0 Å². The summed E-state index contributed by atoms with van der Waals surface area (Å²) in [4.78, 5) is 2.33. The summed E-state index contributed by atoms with van der Waals surface area (Å²) >= 11 is 0. The Bertz CT molecular complexity index is 1540. The molecule has 2 aliphatic rings. The van der Waals surface area contributed by atoms with E-state index in [4.69, 9.17) is 0 Å². The smallest absolute Gasteiger partial charge is 0.0464 e. The van der Waals surface area contributed by atoms with Gasteiger partial charge < -0.3 is 4.90 Å². The van der Waals surface area contributed by atoms with Crippen LogP contribution in [0, 0.1) is 24.7 Å². The second-order valence-corrected chi connectivity index (χ2v) is 12.2. The van der Waals surface area contributed by atoms with Gasteiger partial charge in [-0.25, -0.2) is 0 Å². The molecular formula is C41H43N. The maximum absolute atomic E-state index is 2.51. The van der Waals surface area contributed by atoms with E-state index < -0.39 is 0 Å².